The molecule has 5 heteroatoms. The highest BCUT2D eigenvalue weighted by molar-refractivity contribution is 6.01. The van der Waals surface area contributed by atoms with Gasteiger partial charge in [0.2, 0.25) is 0 Å². The van der Waals surface area contributed by atoms with Crippen molar-refractivity contribution in [1.82, 2.24) is 5.32 Å². The molecule has 114 valence electrons. The van der Waals surface area contributed by atoms with Gasteiger partial charge in [-0.2, -0.15) is 0 Å². The first-order valence-corrected chi connectivity index (χ1v) is 7.40. The SMILES string of the molecule is CC1(CNC(=O)c2cccc(/C(N)=N/O)c2)CCCCC1. The van der Waals surface area contributed by atoms with E-state index in [0.717, 1.165) is 12.8 Å². The second-order valence-electron chi connectivity index (χ2n) is 6.12. The van der Waals surface area contributed by atoms with Crippen LogP contribution in [0.5, 0.6) is 0 Å². The Morgan fingerprint density at radius 3 is 2.67 bits per heavy atom. The van der Waals surface area contributed by atoms with E-state index < -0.39 is 0 Å². The van der Waals surface area contributed by atoms with Crippen LogP contribution in [0.2, 0.25) is 0 Å². The van der Waals surface area contributed by atoms with Crippen LogP contribution in [0.1, 0.15) is 54.9 Å². The minimum absolute atomic E-state index is 0.00360. The monoisotopic (exact) mass is 289 g/mol. The molecule has 1 aromatic carbocycles. The summed E-state index contributed by atoms with van der Waals surface area (Å²) in [5.74, 6) is -0.113. The Balaban J connectivity index is 2.00. The van der Waals surface area contributed by atoms with E-state index in [4.69, 9.17) is 10.9 Å². The van der Waals surface area contributed by atoms with Gasteiger partial charge in [0.05, 0.1) is 0 Å². The third kappa shape index (κ3) is 3.97. The molecule has 21 heavy (non-hydrogen) atoms. The molecule has 0 unspecified atom stereocenters. The van der Waals surface area contributed by atoms with Crippen molar-refractivity contribution in [3.05, 3.63) is 35.4 Å². The van der Waals surface area contributed by atoms with Crippen LogP contribution in [-0.2, 0) is 0 Å². The number of nitrogens with two attached hydrogens (primary N) is 1. The Morgan fingerprint density at radius 1 is 1.33 bits per heavy atom. The van der Waals surface area contributed by atoms with E-state index in [1.54, 1.807) is 24.3 Å². The van der Waals surface area contributed by atoms with Gasteiger partial charge in [-0.05, 0) is 30.4 Å². The molecule has 0 spiro atoms. The van der Waals surface area contributed by atoms with Gasteiger partial charge < -0.3 is 16.3 Å². The van der Waals surface area contributed by atoms with E-state index >= 15 is 0 Å². The molecule has 0 aliphatic heterocycles. The Bertz CT molecular complexity index is 534. The van der Waals surface area contributed by atoms with Crippen LogP contribution in [0.3, 0.4) is 0 Å². The molecule has 0 radical (unpaired) electrons. The van der Waals surface area contributed by atoms with Crippen LogP contribution < -0.4 is 11.1 Å². The maximum atomic E-state index is 12.2. The highest BCUT2D eigenvalue weighted by Crippen LogP contribution is 2.34. The number of nitrogens with zero attached hydrogens (tertiary/aromatic N) is 1. The zero-order chi connectivity index (χ0) is 15.3. The Kier molecular flexibility index (Phi) is 4.83. The molecule has 1 amide bonds. The number of oxime groups is 1. The van der Waals surface area contributed by atoms with Crippen molar-refractivity contribution >= 4 is 11.7 Å². The van der Waals surface area contributed by atoms with Gasteiger partial charge in [-0.25, -0.2) is 0 Å². The number of amidine groups is 1. The summed E-state index contributed by atoms with van der Waals surface area (Å²) in [6, 6.07) is 6.79. The second kappa shape index (κ2) is 6.61. The summed E-state index contributed by atoms with van der Waals surface area (Å²) in [7, 11) is 0. The first-order chi connectivity index (χ1) is 10.0. The first kappa shape index (κ1) is 15.4. The molecular weight excluding hydrogens is 266 g/mol. The maximum absolute atomic E-state index is 12.2. The van der Waals surface area contributed by atoms with E-state index in [0.29, 0.717) is 17.7 Å². The number of nitrogens with one attached hydrogen (secondary N) is 1. The number of carbonyl (C=O) groups is 1. The van der Waals surface area contributed by atoms with Crippen molar-refractivity contribution in [2.24, 2.45) is 16.3 Å². The molecular formula is C16H23N3O2. The lowest BCUT2D eigenvalue weighted by Gasteiger charge is -2.33. The lowest BCUT2D eigenvalue weighted by atomic mass is 9.76. The largest absolute Gasteiger partial charge is 0.409 e. The lowest BCUT2D eigenvalue weighted by Crippen LogP contribution is -2.37. The number of rotatable bonds is 4. The molecule has 0 bridgehead atoms. The average molecular weight is 289 g/mol. The quantitative estimate of drug-likeness (QED) is 0.344. The second-order valence-corrected chi connectivity index (χ2v) is 6.12. The minimum atomic E-state index is -0.116. The molecule has 1 fully saturated rings. The Morgan fingerprint density at radius 2 is 2.00 bits per heavy atom. The van der Waals surface area contributed by atoms with Crippen LogP contribution in [0.4, 0.5) is 0 Å². The van der Waals surface area contributed by atoms with E-state index in [1.165, 1.54) is 19.3 Å². The molecule has 0 saturated heterocycles. The fraction of sp³-hybridized carbons (Fsp3) is 0.500. The third-order valence-electron chi connectivity index (χ3n) is 4.26. The van der Waals surface area contributed by atoms with Gasteiger partial charge in [-0.15, -0.1) is 0 Å². The standard InChI is InChI=1S/C16H23N3O2/c1-16(8-3-2-4-9-16)11-18-15(20)13-7-5-6-12(10-13)14(17)19-21/h5-7,10,21H,2-4,8-9,11H2,1H3,(H2,17,19)(H,18,20). The topological polar surface area (TPSA) is 87.7 Å². The summed E-state index contributed by atoms with van der Waals surface area (Å²) in [4.78, 5) is 12.2. The summed E-state index contributed by atoms with van der Waals surface area (Å²) in [6.07, 6.45) is 6.11. The number of amides is 1. The normalized spacial score (nSPS) is 18.2. The van der Waals surface area contributed by atoms with Crippen LogP contribution in [0, 0.1) is 5.41 Å². The number of hydrogen-bond donors (Lipinski definition) is 3. The summed E-state index contributed by atoms with van der Waals surface area (Å²) < 4.78 is 0. The summed E-state index contributed by atoms with van der Waals surface area (Å²) in [6.45, 7) is 2.93. The van der Waals surface area contributed by atoms with Gasteiger partial charge in [0.15, 0.2) is 5.84 Å². The molecule has 1 aromatic rings. The molecule has 5 nitrogen and oxygen atoms in total. The van der Waals surface area contributed by atoms with Crippen molar-refractivity contribution in [3.8, 4) is 0 Å². The van der Waals surface area contributed by atoms with Crippen molar-refractivity contribution < 1.29 is 10.0 Å². The van der Waals surface area contributed by atoms with Crippen molar-refractivity contribution in [3.63, 3.8) is 0 Å². The molecule has 0 atom stereocenters. The van der Waals surface area contributed by atoms with E-state index in [9.17, 15) is 4.79 Å². The highest BCUT2D eigenvalue weighted by atomic mass is 16.4. The Hall–Kier alpha value is -2.04. The number of carbonyl (C=O) groups excluding carboxylic acids is 1. The predicted molar refractivity (Wildman–Crippen MR) is 82.5 cm³/mol. The molecule has 1 aliphatic rings. The van der Waals surface area contributed by atoms with Crippen LogP contribution in [0.25, 0.3) is 0 Å². The van der Waals surface area contributed by atoms with Gasteiger partial charge in [0.1, 0.15) is 0 Å². The van der Waals surface area contributed by atoms with Gasteiger partial charge in [-0.1, -0.05) is 43.5 Å². The third-order valence-corrected chi connectivity index (χ3v) is 4.26. The molecule has 1 saturated carbocycles. The zero-order valence-electron chi connectivity index (χ0n) is 12.4. The van der Waals surface area contributed by atoms with Crippen molar-refractivity contribution in [2.45, 2.75) is 39.0 Å². The summed E-state index contributed by atoms with van der Waals surface area (Å²) in [5.41, 5.74) is 6.81. The molecule has 4 N–H and O–H groups in total. The van der Waals surface area contributed by atoms with Gasteiger partial charge in [-0.3, -0.25) is 4.79 Å². The summed E-state index contributed by atoms with van der Waals surface area (Å²) in [5, 5.41) is 14.7. The van der Waals surface area contributed by atoms with Crippen molar-refractivity contribution in [2.75, 3.05) is 6.54 Å². The fourth-order valence-corrected chi connectivity index (χ4v) is 2.86. The summed E-state index contributed by atoms with van der Waals surface area (Å²) >= 11 is 0. The first-order valence-electron chi connectivity index (χ1n) is 7.40. The number of benzene rings is 1. The van der Waals surface area contributed by atoms with Crippen LogP contribution in [0.15, 0.2) is 29.4 Å². The predicted octanol–water partition coefficient (Wildman–Crippen LogP) is 2.48. The highest BCUT2D eigenvalue weighted by Gasteiger charge is 2.27. The average Bonchev–Trinajstić information content (AvgIpc) is 2.52. The maximum Gasteiger partial charge on any atom is 0.251 e. The molecule has 2 rings (SSSR count). The van der Waals surface area contributed by atoms with E-state index in [2.05, 4.69) is 17.4 Å². The van der Waals surface area contributed by atoms with E-state index in [-0.39, 0.29) is 17.2 Å². The smallest absolute Gasteiger partial charge is 0.251 e. The van der Waals surface area contributed by atoms with Crippen LogP contribution >= 0.6 is 0 Å². The molecule has 0 heterocycles. The fourth-order valence-electron chi connectivity index (χ4n) is 2.86. The molecule has 1 aliphatic carbocycles. The van der Waals surface area contributed by atoms with E-state index in [1.807, 2.05) is 0 Å². The molecule has 0 aromatic heterocycles. The zero-order valence-corrected chi connectivity index (χ0v) is 12.4. The lowest BCUT2D eigenvalue weighted by molar-refractivity contribution is 0.0919. The van der Waals surface area contributed by atoms with Crippen molar-refractivity contribution in [1.29, 1.82) is 0 Å². The van der Waals surface area contributed by atoms with Gasteiger partial charge in [0, 0.05) is 17.7 Å². The number of hydrogen-bond acceptors (Lipinski definition) is 3. The van der Waals surface area contributed by atoms with Gasteiger partial charge in [0.25, 0.3) is 5.91 Å². The minimum Gasteiger partial charge on any atom is -0.409 e. The van der Waals surface area contributed by atoms with Crippen LogP contribution in [-0.4, -0.2) is 23.5 Å². The Labute approximate surface area is 125 Å². The van der Waals surface area contributed by atoms with Gasteiger partial charge >= 0.3 is 0 Å².